The number of aromatic nitrogens is 2. The van der Waals surface area contributed by atoms with Gasteiger partial charge in [-0.2, -0.15) is 0 Å². The fourth-order valence-electron chi connectivity index (χ4n) is 6.54. The van der Waals surface area contributed by atoms with Crippen LogP contribution in [-0.4, -0.2) is 40.1 Å². The number of nitrogens with zero attached hydrogens (tertiary/aromatic N) is 2. The first kappa shape index (κ1) is 35.8. The molecule has 0 unspecified atom stereocenters. The standard InChI is InChI=1S/C45H44N2O4S/c1-5-15-34(16-6-1)29-48-33-40-42(49-30-35-17-7-2-8-18-35)43(50-31-36-19-9-3-10-20-36)44(51-32-37-21-11-4-12-22-37)45(52-40)39-24-13-23-38(27-39)28-41-46-25-14-26-47-41/h1-27,40,42-45H,28-33H2/t40-,42-,43+,44-,45+/m1/s1. The Labute approximate surface area is 311 Å². The fraction of sp³-hybridized carbons (Fsp3) is 0.244. The van der Waals surface area contributed by atoms with Crippen molar-refractivity contribution in [1.82, 2.24) is 9.97 Å². The van der Waals surface area contributed by atoms with E-state index in [4.69, 9.17) is 18.9 Å². The van der Waals surface area contributed by atoms with Crippen molar-refractivity contribution < 1.29 is 18.9 Å². The van der Waals surface area contributed by atoms with Crippen LogP contribution in [0.3, 0.4) is 0 Å². The van der Waals surface area contributed by atoms with Crippen LogP contribution in [0.1, 0.15) is 44.5 Å². The van der Waals surface area contributed by atoms with Gasteiger partial charge in [0.05, 0.1) is 43.5 Å². The molecule has 1 aromatic heterocycles. The molecule has 5 aromatic carbocycles. The van der Waals surface area contributed by atoms with Crippen molar-refractivity contribution in [3.63, 3.8) is 0 Å². The van der Waals surface area contributed by atoms with Crippen LogP contribution in [0.5, 0.6) is 0 Å². The maximum atomic E-state index is 7.01. The van der Waals surface area contributed by atoms with E-state index >= 15 is 0 Å². The van der Waals surface area contributed by atoms with E-state index in [2.05, 4.69) is 94.9 Å². The second kappa shape index (κ2) is 18.7. The Balaban J connectivity index is 1.24. The van der Waals surface area contributed by atoms with Gasteiger partial charge in [0, 0.05) is 18.8 Å². The molecule has 0 radical (unpaired) electrons. The van der Waals surface area contributed by atoms with Gasteiger partial charge in [-0.05, 0) is 39.4 Å². The largest absolute Gasteiger partial charge is 0.376 e. The van der Waals surface area contributed by atoms with Crippen LogP contribution in [0, 0.1) is 0 Å². The van der Waals surface area contributed by atoms with E-state index < -0.39 is 6.10 Å². The molecule has 52 heavy (non-hydrogen) atoms. The zero-order valence-electron chi connectivity index (χ0n) is 29.2. The molecule has 0 spiro atoms. The molecule has 1 fully saturated rings. The monoisotopic (exact) mass is 708 g/mol. The third-order valence-electron chi connectivity index (χ3n) is 9.14. The topological polar surface area (TPSA) is 62.7 Å². The number of rotatable bonds is 16. The van der Waals surface area contributed by atoms with Gasteiger partial charge in [-0.15, -0.1) is 11.8 Å². The van der Waals surface area contributed by atoms with Gasteiger partial charge in [0.1, 0.15) is 24.1 Å². The van der Waals surface area contributed by atoms with Crippen molar-refractivity contribution in [3.05, 3.63) is 203 Å². The SMILES string of the molecule is c1ccc(COC[C@H]2S[C@@H](c3cccc(Cc4ncccn4)c3)[C@H](OCc3ccccc3)[C@@H](OCc3ccccc3)[C@@H]2OCc2ccccc2)cc1. The van der Waals surface area contributed by atoms with Crippen LogP contribution in [0.15, 0.2) is 164 Å². The van der Waals surface area contributed by atoms with Crippen molar-refractivity contribution in [3.8, 4) is 0 Å². The highest BCUT2D eigenvalue weighted by Crippen LogP contribution is 2.47. The van der Waals surface area contributed by atoms with Gasteiger partial charge in [-0.1, -0.05) is 146 Å². The third-order valence-corrected chi connectivity index (χ3v) is 10.7. The van der Waals surface area contributed by atoms with Gasteiger partial charge >= 0.3 is 0 Å². The zero-order chi connectivity index (χ0) is 35.2. The summed E-state index contributed by atoms with van der Waals surface area (Å²) in [7, 11) is 0. The molecule has 264 valence electrons. The van der Waals surface area contributed by atoms with Crippen LogP contribution in [0.25, 0.3) is 0 Å². The summed E-state index contributed by atoms with van der Waals surface area (Å²) >= 11 is 1.86. The lowest BCUT2D eigenvalue weighted by Gasteiger charge is -2.46. The molecule has 0 N–H and O–H groups in total. The van der Waals surface area contributed by atoms with Crippen molar-refractivity contribution in [2.24, 2.45) is 0 Å². The van der Waals surface area contributed by atoms with Crippen molar-refractivity contribution in [2.45, 2.75) is 61.7 Å². The van der Waals surface area contributed by atoms with Crippen LogP contribution in [-0.2, 0) is 51.8 Å². The first-order valence-electron chi connectivity index (χ1n) is 17.9. The lowest BCUT2D eigenvalue weighted by Crippen LogP contribution is -2.54. The molecule has 0 saturated carbocycles. The van der Waals surface area contributed by atoms with E-state index in [1.54, 1.807) is 12.4 Å². The second-order valence-electron chi connectivity index (χ2n) is 13.0. The quantitative estimate of drug-likeness (QED) is 0.0994. The molecular formula is C45H44N2O4S. The molecule has 0 bridgehead atoms. The molecule has 6 aromatic rings. The molecule has 0 aliphatic carbocycles. The summed E-state index contributed by atoms with van der Waals surface area (Å²) in [5.74, 6) is 0.790. The van der Waals surface area contributed by atoms with E-state index in [1.807, 2.05) is 78.5 Å². The fourth-order valence-corrected chi connectivity index (χ4v) is 8.17. The first-order chi connectivity index (χ1) is 25.8. The summed E-state index contributed by atoms with van der Waals surface area (Å²) in [6.07, 6.45) is 3.18. The number of hydrogen-bond acceptors (Lipinski definition) is 7. The molecule has 1 aliphatic rings. The predicted molar refractivity (Wildman–Crippen MR) is 207 cm³/mol. The molecule has 2 heterocycles. The molecule has 5 atom stereocenters. The van der Waals surface area contributed by atoms with E-state index in [0.717, 1.165) is 33.6 Å². The minimum atomic E-state index is -0.398. The Hall–Kier alpha value is -4.63. The molecule has 1 saturated heterocycles. The van der Waals surface area contributed by atoms with Crippen molar-refractivity contribution in [2.75, 3.05) is 6.61 Å². The Morgan fingerprint density at radius 1 is 0.462 bits per heavy atom. The maximum absolute atomic E-state index is 7.01. The first-order valence-corrected chi connectivity index (χ1v) is 18.8. The molecular weight excluding hydrogens is 665 g/mol. The smallest absolute Gasteiger partial charge is 0.132 e. The lowest BCUT2D eigenvalue weighted by atomic mass is 9.94. The highest BCUT2D eigenvalue weighted by atomic mass is 32.2. The van der Waals surface area contributed by atoms with Gasteiger partial charge in [0.2, 0.25) is 0 Å². The van der Waals surface area contributed by atoms with Gasteiger partial charge in [-0.3, -0.25) is 0 Å². The molecule has 6 nitrogen and oxygen atoms in total. The van der Waals surface area contributed by atoms with Gasteiger partial charge in [0.15, 0.2) is 0 Å². The lowest BCUT2D eigenvalue weighted by molar-refractivity contribution is -0.160. The maximum Gasteiger partial charge on any atom is 0.132 e. The van der Waals surface area contributed by atoms with E-state index in [1.165, 1.54) is 5.56 Å². The summed E-state index contributed by atoms with van der Waals surface area (Å²) in [5.41, 5.74) is 6.77. The highest BCUT2D eigenvalue weighted by Gasteiger charge is 2.48. The minimum absolute atomic E-state index is 0.0455. The summed E-state index contributed by atoms with van der Waals surface area (Å²) in [6, 6.07) is 51.9. The average Bonchev–Trinajstić information content (AvgIpc) is 3.21. The van der Waals surface area contributed by atoms with Gasteiger partial charge < -0.3 is 18.9 Å². The number of thioether (sulfide) groups is 1. The van der Waals surface area contributed by atoms with Crippen LogP contribution in [0.4, 0.5) is 0 Å². The summed E-state index contributed by atoms with van der Waals surface area (Å²) in [6.45, 7) is 2.34. The molecule has 7 rings (SSSR count). The van der Waals surface area contributed by atoms with Crippen molar-refractivity contribution >= 4 is 11.8 Å². The van der Waals surface area contributed by atoms with Crippen LogP contribution in [0.2, 0.25) is 0 Å². The molecule has 0 amide bonds. The number of ether oxygens (including phenoxy) is 4. The van der Waals surface area contributed by atoms with Crippen LogP contribution < -0.4 is 0 Å². The van der Waals surface area contributed by atoms with E-state index in [0.29, 0.717) is 39.5 Å². The Kier molecular flexibility index (Phi) is 12.9. The Morgan fingerprint density at radius 3 is 1.50 bits per heavy atom. The number of hydrogen-bond donors (Lipinski definition) is 0. The second-order valence-corrected chi connectivity index (χ2v) is 14.4. The molecule has 1 aliphatic heterocycles. The zero-order valence-corrected chi connectivity index (χ0v) is 30.0. The Bertz CT molecular complexity index is 1900. The Morgan fingerprint density at radius 2 is 0.942 bits per heavy atom. The molecule has 7 heteroatoms. The normalized spacial score (nSPS) is 20.0. The van der Waals surface area contributed by atoms with Crippen molar-refractivity contribution in [1.29, 1.82) is 0 Å². The van der Waals surface area contributed by atoms with E-state index in [-0.39, 0.29) is 22.7 Å². The average molecular weight is 709 g/mol. The summed E-state index contributed by atoms with van der Waals surface area (Å²) in [5, 5.41) is -0.112. The minimum Gasteiger partial charge on any atom is -0.376 e. The predicted octanol–water partition coefficient (Wildman–Crippen LogP) is 9.20. The summed E-state index contributed by atoms with van der Waals surface area (Å²) in [4.78, 5) is 8.98. The highest BCUT2D eigenvalue weighted by molar-refractivity contribution is 8.00. The van der Waals surface area contributed by atoms with Crippen LogP contribution >= 0.6 is 11.8 Å². The summed E-state index contributed by atoms with van der Waals surface area (Å²) < 4.78 is 27.4. The third kappa shape index (κ3) is 10.0. The van der Waals surface area contributed by atoms with E-state index in [9.17, 15) is 0 Å². The van der Waals surface area contributed by atoms with Gasteiger partial charge in [0.25, 0.3) is 0 Å². The number of benzene rings is 5. The van der Waals surface area contributed by atoms with Gasteiger partial charge in [-0.25, -0.2) is 9.97 Å².